The summed E-state index contributed by atoms with van der Waals surface area (Å²) in [4.78, 5) is 0. The van der Waals surface area contributed by atoms with Crippen LogP contribution < -0.4 is 21.5 Å². The van der Waals surface area contributed by atoms with Gasteiger partial charge in [0.15, 0.2) is 0 Å². The minimum atomic E-state index is -1.87. The Hall–Kier alpha value is -5.00. The Labute approximate surface area is 244 Å². The molecule has 0 radical (unpaired) electrons. The lowest BCUT2D eigenvalue weighted by Gasteiger charge is -2.21. The summed E-state index contributed by atoms with van der Waals surface area (Å²) >= 11 is 0. The number of nitrogens with zero attached hydrogens (tertiary/aromatic N) is 3. The number of fused-ring (bicyclic) bond motifs is 1. The van der Waals surface area contributed by atoms with Crippen LogP contribution in [-0.4, -0.2) is 50.5 Å². The van der Waals surface area contributed by atoms with Crippen LogP contribution in [0, 0.1) is 13.8 Å². The van der Waals surface area contributed by atoms with Crippen LogP contribution in [0.15, 0.2) is 78.6 Å². The smallest absolute Gasteiger partial charge is 0.318 e. The zero-order valence-corrected chi connectivity index (χ0v) is 24.2. The number of hydrogen-bond donors (Lipinski definition) is 7. The van der Waals surface area contributed by atoms with Gasteiger partial charge >= 0.3 is 5.95 Å². The molecule has 11 heteroatoms. The highest BCUT2D eigenvalue weighted by atomic mass is 19.1. The molecule has 9 N–H and O–H groups in total. The second-order valence-electron chi connectivity index (χ2n) is 9.50. The molecule has 2 aromatic carbocycles. The predicted octanol–water partition coefficient (Wildman–Crippen LogP) is 4.46. The van der Waals surface area contributed by atoms with Gasteiger partial charge in [-0.2, -0.15) is 4.57 Å². The van der Waals surface area contributed by atoms with Crippen LogP contribution in [0.4, 0.5) is 10.1 Å². The molecule has 0 amide bonds. The second kappa shape index (κ2) is 13.6. The van der Waals surface area contributed by atoms with E-state index in [-0.39, 0.29) is 5.70 Å². The average molecular weight is 578 g/mol. The molecule has 0 fully saturated rings. The number of hydrogen-bond acceptors (Lipinski definition) is 8. The SMILES string of the molecule is CF.CNc1ccc2c(ccc(/C=C/c3cc(C)n(-c4ccc(/C(N)=C/N(N)C(O)C(O)=C(O)O)cc4)c3C)[n+]2C)c1. The van der Waals surface area contributed by atoms with E-state index in [9.17, 15) is 14.6 Å². The van der Waals surface area contributed by atoms with Gasteiger partial charge in [0, 0.05) is 59.6 Å². The monoisotopic (exact) mass is 577 g/mol. The van der Waals surface area contributed by atoms with Gasteiger partial charge in [0.1, 0.15) is 7.05 Å². The van der Waals surface area contributed by atoms with Gasteiger partial charge in [-0.1, -0.05) is 12.1 Å². The third-order valence-corrected chi connectivity index (χ3v) is 6.91. The van der Waals surface area contributed by atoms with Crippen LogP contribution in [-0.2, 0) is 7.05 Å². The molecule has 0 aliphatic heterocycles. The third-order valence-electron chi connectivity index (χ3n) is 6.91. The van der Waals surface area contributed by atoms with Gasteiger partial charge in [-0.05, 0) is 67.4 Å². The number of aliphatic hydroxyl groups is 4. The normalized spacial score (nSPS) is 12.1. The maximum atomic E-state index is 9.87. The van der Waals surface area contributed by atoms with Gasteiger partial charge in [-0.3, -0.25) is 9.40 Å². The van der Waals surface area contributed by atoms with Crippen LogP contribution in [0.25, 0.3) is 34.4 Å². The van der Waals surface area contributed by atoms with E-state index in [0.29, 0.717) is 17.7 Å². The maximum Gasteiger partial charge on any atom is 0.318 e. The van der Waals surface area contributed by atoms with E-state index in [0.717, 1.165) is 39.5 Å². The van der Waals surface area contributed by atoms with E-state index in [1.165, 1.54) is 11.6 Å². The quantitative estimate of drug-likeness (QED) is 0.0532. The predicted molar refractivity (Wildman–Crippen MR) is 165 cm³/mol. The highest BCUT2D eigenvalue weighted by molar-refractivity contribution is 5.81. The summed E-state index contributed by atoms with van der Waals surface area (Å²) in [6.45, 7) is 4.12. The van der Waals surface area contributed by atoms with Gasteiger partial charge in [0.2, 0.25) is 23.2 Å². The summed E-state index contributed by atoms with van der Waals surface area (Å²) in [5, 5.41) is 42.2. The number of nitrogens with one attached hydrogen (secondary N) is 1. The van der Waals surface area contributed by atoms with Crippen molar-refractivity contribution in [1.82, 2.24) is 9.58 Å². The molecule has 2 aromatic heterocycles. The summed E-state index contributed by atoms with van der Waals surface area (Å²) in [6.07, 6.45) is 3.54. The van der Waals surface area contributed by atoms with E-state index in [1.807, 2.05) is 38.2 Å². The molecular formula is C31H38FN6O4+. The molecular weight excluding hydrogens is 539 g/mol. The van der Waals surface area contributed by atoms with E-state index < -0.39 is 17.9 Å². The fourth-order valence-corrected chi connectivity index (χ4v) is 4.64. The first-order valence-electron chi connectivity index (χ1n) is 13.0. The fourth-order valence-electron chi connectivity index (χ4n) is 4.64. The third kappa shape index (κ3) is 6.65. The Bertz CT molecular complexity index is 1640. The fraction of sp³-hybridized carbons (Fsp3) is 0.194. The number of aryl methyl sites for hydroxylation is 2. The summed E-state index contributed by atoms with van der Waals surface area (Å²) in [5.74, 6) is 3.15. The molecule has 2 heterocycles. The van der Waals surface area contributed by atoms with Crippen LogP contribution >= 0.6 is 0 Å². The molecule has 4 aromatic rings. The minimum Gasteiger partial charge on any atom is -0.502 e. The van der Waals surface area contributed by atoms with E-state index in [2.05, 4.69) is 77.0 Å². The van der Waals surface area contributed by atoms with Crippen LogP contribution in [0.1, 0.15) is 28.2 Å². The van der Waals surface area contributed by atoms with Crippen molar-refractivity contribution in [3.63, 3.8) is 0 Å². The highest BCUT2D eigenvalue weighted by Crippen LogP contribution is 2.24. The molecule has 222 valence electrons. The van der Waals surface area contributed by atoms with Crippen molar-refractivity contribution in [3.05, 3.63) is 107 Å². The number of hydrazine groups is 1. The number of anilines is 1. The first-order valence-corrected chi connectivity index (χ1v) is 13.0. The Morgan fingerprint density at radius 2 is 1.67 bits per heavy atom. The van der Waals surface area contributed by atoms with Crippen molar-refractivity contribution in [1.29, 1.82) is 0 Å². The number of rotatable bonds is 8. The first-order chi connectivity index (χ1) is 20.0. The molecule has 1 unspecified atom stereocenters. The standard InChI is InChI=1S/C30H34N6O4.CH3F/c1-18-15-21(7-10-24-11-8-22-16-23(33-3)9-14-27(22)34(24)4)19(2)36(18)25-12-5-20(6-13-25)26(31)17-35(32)29(38)28(37)30(39)40;1-2/h5-17,29,33,38H,31-32H2,1-4H3,(H2-,37,39,40);1H3/p+1/b26-17-;. The molecule has 42 heavy (non-hydrogen) atoms. The van der Waals surface area contributed by atoms with Crippen molar-refractivity contribution in [2.45, 2.75) is 20.1 Å². The number of benzene rings is 2. The van der Waals surface area contributed by atoms with Gasteiger partial charge in [0.05, 0.1) is 12.9 Å². The molecule has 0 aliphatic rings. The Kier molecular flexibility index (Phi) is 10.2. The summed E-state index contributed by atoms with van der Waals surface area (Å²) in [7, 11) is 4.48. The molecule has 0 saturated heterocycles. The number of alkyl halides is 1. The van der Waals surface area contributed by atoms with Crippen molar-refractivity contribution >= 4 is 34.4 Å². The lowest BCUT2D eigenvalue weighted by Crippen LogP contribution is -2.39. The topological polar surface area (TPSA) is 157 Å². The number of nitrogens with two attached hydrogens (primary N) is 2. The Morgan fingerprint density at radius 3 is 2.29 bits per heavy atom. The van der Waals surface area contributed by atoms with Crippen LogP contribution in [0.2, 0.25) is 0 Å². The molecule has 0 saturated carbocycles. The number of pyridine rings is 1. The van der Waals surface area contributed by atoms with Gasteiger partial charge in [-0.15, -0.1) is 0 Å². The largest absolute Gasteiger partial charge is 0.502 e. The van der Waals surface area contributed by atoms with Gasteiger partial charge in [0.25, 0.3) is 0 Å². The highest BCUT2D eigenvalue weighted by Gasteiger charge is 2.19. The maximum absolute atomic E-state index is 9.87. The Balaban J connectivity index is 0.00000237. The van der Waals surface area contributed by atoms with Crippen molar-refractivity contribution < 1.29 is 29.4 Å². The molecule has 0 bridgehead atoms. The lowest BCUT2D eigenvalue weighted by molar-refractivity contribution is -0.646. The molecule has 4 rings (SSSR count). The van der Waals surface area contributed by atoms with Crippen molar-refractivity contribution in [2.24, 2.45) is 18.6 Å². The first kappa shape index (κ1) is 31.5. The van der Waals surface area contributed by atoms with Gasteiger partial charge in [-0.25, -0.2) is 5.84 Å². The summed E-state index contributed by atoms with van der Waals surface area (Å²) in [6, 6.07) is 20.1. The summed E-state index contributed by atoms with van der Waals surface area (Å²) in [5.41, 5.74) is 14.4. The lowest BCUT2D eigenvalue weighted by atomic mass is 10.1. The van der Waals surface area contributed by atoms with Crippen LogP contribution in [0.5, 0.6) is 0 Å². The number of aliphatic hydroxyl groups excluding tert-OH is 3. The molecule has 0 spiro atoms. The zero-order chi connectivity index (χ0) is 31.1. The Morgan fingerprint density at radius 1 is 1.00 bits per heavy atom. The molecule has 0 aliphatic carbocycles. The number of aromatic nitrogens is 2. The van der Waals surface area contributed by atoms with E-state index in [1.54, 1.807) is 0 Å². The van der Waals surface area contributed by atoms with E-state index >= 15 is 0 Å². The zero-order valence-electron chi connectivity index (χ0n) is 24.2. The van der Waals surface area contributed by atoms with Crippen molar-refractivity contribution in [2.75, 3.05) is 19.5 Å². The second-order valence-corrected chi connectivity index (χ2v) is 9.50. The van der Waals surface area contributed by atoms with Gasteiger partial charge < -0.3 is 36.0 Å². The molecule has 1 atom stereocenters. The molecule has 10 nitrogen and oxygen atoms in total. The van der Waals surface area contributed by atoms with E-state index in [4.69, 9.17) is 21.8 Å². The van der Waals surface area contributed by atoms with Crippen LogP contribution in [0.3, 0.4) is 0 Å². The minimum absolute atomic E-state index is 0.202. The summed E-state index contributed by atoms with van der Waals surface area (Å²) < 4.78 is 13.8. The average Bonchev–Trinajstić information content (AvgIpc) is 3.28. The van der Waals surface area contributed by atoms with Crippen molar-refractivity contribution in [3.8, 4) is 5.69 Å². The number of halogens is 1.